The normalized spacial score (nSPS) is 15.5. The molecular formula is C16H21N5O2. The number of rotatable bonds is 3. The van der Waals surface area contributed by atoms with E-state index in [9.17, 15) is 4.79 Å². The third-order valence-corrected chi connectivity index (χ3v) is 4.15. The van der Waals surface area contributed by atoms with E-state index in [1.165, 1.54) is 0 Å². The molecule has 2 amide bonds. The number of pyridine rings is 1. The zero-order valence-electron chi connectivity index (χ0n) is 13.4. The minimum atomic E-state index is -0.138. The van der Waals surface area contributed by atoms with Gasteiger partial charge in [-0.2, -0.15) is 5.10 Å². The number of hydrogen-bond donors (Lipinski definition) is 1. The number of aryl methyl sites for hydroxylation is 1. The monoisotopic (exact) mass is 315 g/mol. The summed E-state index contributed by atoms with van der Waals surface area (Å²) in [6, 6.07) is 5.46. The van der Waals surface area contributed by atoms with Crippen LogP contribution in [0.25, 0.3) is 0 Å². The smallest absolute Gasteiger partial charge is 0.323 e. The molecule has 1 fully saturated rings. The zero-order chi connectivity index (χ0) is 16.2. The molecule has 23 heavy (non-hydrogen) atoms. The number of aromatic nitrogens is 3. The number of likely N-dealkylation sites (tertiary alicyclic amines) is 1. The van der Waals surface area contributed by atoms with Crippen LogP contribution in [0.2, 0.25) is 0 Å². The molecule has 0 aliphatic carbocycles. The molecule has 7 nitrogen and oxygen atoms in total. The minimum absolute atomic E-state index is 0.138. The van der Waals surface area contributed by atoms with Crippen LogP contribution in [0.3, 0.4) is 0 Å². The summed E-state index contributed by atoms with van der Waals surface area (Å²) in [7, 11) is 3.48. The first-order valence-electron chi connectivity index (χ1n) is 7.72. The number of urea groups is 1. The predicted octanol–water partition coefficient (Wildman–Crippen LogP) is 2.24. The van der Waals surface area contributed by atoms with E-state index in [4.69, 9.17) is 4.74 Å². The summed E-state index contributed by atoms with van der Waals surface area (Å²) >= 11 is 0. The number of carbonyl (C=O) groups is 1. The minimum Gasteiger partial charge on any atom is -0.493 e. The fourth-order valence-corrected chi connectivity index (χ4v) is 2.86. The molecule has 0 unspecified atom stereocenters. The van der Waals surface area contributed by atoms with Crippen LogP contribution in [0.4, 0.5) is 10.6 Å². The van der Waals surface area contributed by atoms with Crippen LogP contribution in [-0.4, -0.2) is 45.9 Å². The summed E-state index contributed by atoms with van der Waals surface area (Å²) < 4.78 is 7.03. The maximum absolute atomic E-state index is 12.4. The molecule has 7 heteroatoms. The number of anilines is 1. The van der Waals surface area contributed by atoms with Gasteiger partial charge in [-0.1, -0.05) is 0 Å². The Morgan fingerprint density at radius 3 is 2.78 bits per heavy atom. The number of methoxy groups -OCH3 is 1. The molecule has 0 radical (unpaired) electrons. The van der Waals surface area contributed by atoms with Crippen molar-refractivity contribution in [1.82, 2.24) is 19.7 Å². The second-order valence-electron chi connectivity index (χ2n) is 5.66. The van der Waals surface area contributed by atoms with Gasteiger partial charge in [0, 0.05) is 38.4 Å². The Hall–Kier alpha value is -2.57. The number of carbonyl (C=O) groups excluding carboxylic acids is 1. The first kappa shape index (κ1) is 15.3. The lowest BCUT2D eigenvalue weighted by Crippen LogP contribution is -2.40. The molecular weight excluding hydrogens is 294 g/mol. The van der Waals surface area contributed by atoms with Crippen molar-refractivity contribution in [2.75, 3.05) is 25.5 Å². The Bertz CT molecular complexity index is 677. The molecule has 1 aliphatic rings. The van der Waals surface area contributed by atoms with Crippen LogP contribution < -0.4 is 10.1 Å². The van der Waals surface area contributed by atoms with Gasteiger partial charge in [-0.15, -0.1) is 0 Å². The fourth-order valence-electron chi connectivity index (χ4n) is 2.86. The van der Waals surface area contributed by atoms with Crippen LogP contribution in [0, 0.1) is 0 Å². The summed E-state index contributed by atoms with van der Waals surface area (Å²) in [6.07, 6.45) is 5.43. The largest absolute Gasteiger partial charge is 0.493 e. The molecule has 2 aromatic heterocycles. The maximum Gasteiger partial charge on any atom is 0.323 e. The van der Waals surface area contributed by atoms with Gasteiger partial charge in [0.1, 0.15) is 0 Å². The van der Waals surface area contributed by atoms with Crippen molar-refractivity contribution in [2.24, 2.45) is 7.05 Å². The summed E-state index contributed by atoms with van der Waals surface area (Å²) in [5.41, 5.74) is 1.11. The number of piperidine rings is 1. The Balaban J connectivity index is 1.58. The lowest BCUT2D eigenvalue weighted by Gasteiger charge is -2.31. The van der Waals surface area contributed by atoms with Gasteiger partial charge in [-0.25, -0.2) is 9.78 Å². The molecule has 122 valence electrons. The Labute approximate surface area is 135 Å². The standard InChI is InChI=1S/C16H21N5O2/c1-20-9-7-13(19-20)12-5-10-21(11-6-12)16(22)18-15-14(23-2)4-3-8-17-15/h3-4,7-9,12H,5-6,10-11H2,1-2H3,(H,17,18,22). The number of nitrogens with zero attached hydrogens (tertiary/aromatic N) is 4. The molecule has 3 heterocycles. The fraction of sp³-hybridized carbons (Fsp3) is 0.438. The van der Waals surface area contributed by atoms with E-state index in [1.807, 2.05) is 22.8 Å². The van der Waals surface area contributed by atoms with Crippen LogP contribution in [0.5, 0.6) is 5.75 Å². The summed E-state index contributed by atoms with van der Waals surface area (Å²) in [5, 5.41) is 7.29. The predicted molar refractivity (Wildman–Crippen MR) is 86.6 cm³/mol. The zero-order valence-corrected chi connectivity index (χ0v) is 13.4. The molecule has 0 saturated carbocycles. The third-order valence-electron chi connectivity index (χ3n) is 4.15. The van der Waals surface area contributed by atoms with Crippen molar-refractivity contribution in [3.05, 3.63) is 36.3 Å². The molecule has 0 aromatic carbocycles. The Morgan fingerprint density at radius 2 is 2.13 bits per heavy atom. The van der Waals surface area contributed by atoms with Crippen LogP contribution in [-0.2, 0) is 7.05 Å². The molecule has 0 atom stereocenters. The van der Waals surface area contributed by atoms with Gasteiger partial charge < -0.3 is 9.64 Å². The van der Waals surface area contributed by atoms with E-state index < -0.39 is 0 Å². The highest BCUT2D eigenvalue weighted by molar-refractivity contribution is 5.89. The van der Waals surface area contributed by atoms with Gasteiger partial charge in [0.2, 0.25) is 0 Å². The first-order chi connectivity index (χ1) is 11.2. The average Bonchev–Trinajstić information content (AvgIpc) is 3.02. The van der Waals surface area contributed by atoms with Crippen molar-refractivity contribution in [2.45, 2.75) is 18.8 Å². The van der Waals surface area contributed by atoms with E-state index >= 15 is 0 Å². The lowest BCUT2D eigenvalue weighted by molar-refractivity contribution is 0.194. The quantitative estimate of drug-likeness (QED) is 0.943. The van der Waals surface area contributed by atoms with E-state index in [-0.39, 0.29) is 6.03 Å². The van der Waals surface area contributed by atoms with Crippen molar-refractivity contribution in [3.63, 3.8) is 0 Å². The number of amides is 2. The molecule has 0 bridgehead atoms. The Kier molecular flexibility index (Phi) is 4.45. The van der Waals surface area contributed by atoms with Crippen molar-refractivity contribution >= 4 is 11.8 Å². The van der Waals surface area contributed by atoms with E-state index in [1.54, 1.807) is 25.4 Å². The van der Waals surface area contributed by atoms with Crippen LogP contribution >= 0.6 is 0 Å². The van der Waals surface area contributed by atoms with Gasteiger partial charge >= 0.3 is 6.03 Å². The van der Waals surface area contributed by atoms with Gasteiger partial charge in [0.05, 0.1) is 12.8 Å². The number of hydrogen-bond acceptors (Lipinski definition) is 4. The van der Waals surface area contributed by atoms with Gasteiger partial charge in [0.15, 0.2) is 11.6 Å². The molecule has 1 saturated heterocycles. The van der Waals surface area contributed by atoms with Crippen LogP contribution in [0.1, 0.15) is 24.5 Å². The SMILES string of the molecule is COc1cccnc1NC(=O)N1CCC(c2ccn(C)n2)CC1. The molecule has 3 rings (SSSR count). The van der Waals surface area contributed by atoms with Crippen molar-refractivity contribution in [3.8, 4) is 5.75 Å². The lowest BCUT2D eigenvalue weighted by atomic mass is 9.94. The molecule has 0 spiro atoms. The molecule has 1 N–H and O–H groups in total. The summed E-state index contributed by atoms with van der Waals surface area (Å²) in [4.78, 5) is 18.3. The highest BCUT2D eigenvalue weighted by Gasteiger charge is 2.25. The van der Waals surface area contributed by atoms with Crippen LogP contribution in [0.15, 0.2) is 30.6 Å². The average molecular weight is 315 g/mol. The third kappa shape index (κ3) is 3.44. The summed E-state index contributed by atoms with van der Waals surface area (Å²) in [5.74, 6) is 1.43. The van der Waals surface area contributed by atoms with E-state index in [0.29, 0.717) is 30.6 Å². The molecule has 2 aromatic rings. The van der Waals surface area contributed by atoms with E-state index in [2.05, 4.69) is 21.5 Å². The summed E-state index contributed by atoms with van der Waals surface area (Å²) in [6.45, 7) is 1.42. The number of nitrogens with one attached hydrogen (secondary N) is 1. The topological polar surface area (TPSA) is 72.3 Å². The second-order valence-corrected chi connectivity index (χ2v) is 5.66. The number of ether oxygens (including phenoxy) is 1. The van der Waals surface area contributed by atoms with Crippen molar-refractivity contribution < 1.29 is 9.53 Å². The van der Waals surface area contributed by atoms with E-state index in [0.717, 1.165) is 18.5 Å². The van der Waals surface area contributed by atoms with Gasteiger partial charge in [-0.3, -0.25) is 10.00 Å². The maximum atomic E-state index is 12.4. The second kappa shape index (κ2) is 6.68. The molecule has 1 aliphatic heterocycles. The Morgan fingerprint density at radius 1 is 1.35 bits per heavy atom. The van der Waals surface area contributed by atoms with Gasteiger partial charge in [-0.05, 0) is 31.0 Å². The highest BCUT2D eigenvalue weighted by Crippen LogP contribution is 2.27. The van der Waals surface area contributed by atoms with Gasteiger partial charge in [0.25, 0.3) is 0 Å². The highest BCUT2D eigenvalue weighted by atomic mass is 16.5. The first-order valence-corrected chi connectivity index (χ1v) is 7.72. The van der Waals surface area contributed by atoms with Crippen molar-refractivity contribution in [1.29, 1.82) is 0 Å².